The molecule has 21 nitrogen and oxygen atoms in total. The van der Waals surface area contributed by atoms with Crippen LogP contribution in [0.5, 0.6) is 0 Å². The van der Waals surface area contributed by atoms with Gasteiger partial charge in [0.2, 0.25) is 11.8 Å². The third-order valence-corrected chi connectivity index (χ3v) is 10.5. The van der Waals surface area contributed by atoms with Crippen LogP contribution >= 0.6 is 11.3 Å². The molecule has 7 N–H and O–H groups in total. The first-order chi connectivity index (χ1) is 34.3. The molecule has 410 valence electrons. The fourth-order valence-electron chi connectivity index (χ4n) is 5.89. The molecule has 0 saturated heterocycles. The second kappa shape index (κ2) is 43.7. The number of carbonyl (C=O) groups is 4. The molecule has 2 heterocycles. The first-order valence-corrected chi connectivity index (χ1v) is 24.8. The van der Waals surface area contributed by atoms with Crippen molar-refractivity contribution in [1.82, 2.24) is 10.2 Å². The van der Waals surface area contributed by atoms with E-state index in [1.807, 2.05) is 11.0 Å². The van der Waals surface area contributed by atoms with E-state index in [-0.39, 0.29) is 24.8 Å². The number of unbranched alkanes of at least 4 members (excludes halogenated alkanes) is 2. The van der Waals surface area contributed by atoms with Gasteiger partial charge in [-0.15, -0.1) is 11.3 Å². The molecule has 1 aliphatic rings. The van der Waals surface area contributed by atoms with Crippen molar-refractivity contribution in [3.8, 4) is 0 Å². The molecule has 0 fully saturated rings. The third-order valence-electron chi connectivity index (χ3n) is 9.37. The Hall–Kier alpha value is -3.86. The molecule has 0 saturated carbocycles. The minimum atomic E-state index is -5.08. The second-order valence-electron chi connectivity index (χ2n) is 15.3. The van der Waals surface area contributed by atoms with Gasteiger partial charge in [-0.25, -0.2) is 9.79 Å². The van der Waals surface area contributed by atoms with Gasteiger partial charge >= 0.3 is 18.1 Å². The van der Waals surface area contributed by atoms with Crippen LogP contribution in [0.1, 0.15) is 68.0 Å². The van der Waals surface area contributed by atoms with Crippen LogP contribution in [0.15, 0.2) is 16.6 Å². The van der Waals surface area contributed by atoms with Gasteiger partial charge in [0.15, 0.2) is 0 Å². The van der Waals surface area contributed by atoms with Crippen molar-refractivity contribution < 1.29 is 89.9 Å². The number of carboxylic acid groups (broad SMARTS) is 2. The minimum Gasteiger partial charge on any atom is -0.481 e. The summed E-state index contributed by atoms with van der Waals surface area (Å²) >= 11 is 1.66. The van der Waals surface area contributed by atoms with Gasteiger partial charge in [0.1, 0.15) is 5.84 Å². The number of hydrogen-bond acceptors (Lipinski definition) is 18. The normalized spacial score (nSPS) is 12.4. The summed E-state index contributed by atoms with van der Waals surface area (Å²) in [5.41, 5.74) is 13.4. The zero-order valence-corrected chi connectivity index (χ0v) is 42.0. The Balaban J connectivity index is 0.00000333. The van der Waals surface area contributed by atoms with E-state index in [4.69, 9.17) is 73.8 Å². The molecule has 0 bridgehead atoms. The summed E-state index contributed by atoms with van der Waals surface area (Å²) in [6, 6.07) is 2.08. The van der Waals surface area contributed by atoms with Crippen LogP contribution < -0.4 is 16.8 Å². The molecule has 2 amide bonds. The molecule has 1 aliphatic heterocycles. The Morgan fingerprint density at radius 2 is 1.11 bits per heavy atom. The Morgan fingerprint density at radius 1 is 0.676 bits per heavy atom. The van der Waals surface area contributed by atoms with Crippen LogP contribution in [0.3, 0.4) is 0 Å². The van der Waals surface area contributed by atoms with E-state index in [2.05, 4.69) is 23.3 Å². The molecule has 0 unspecified atom stereocenters. The van der Waals surface area contributed by atoms with Crippen molar-refractivity contribution in [3.05, 3.63) is 21.4 Å². The first kappa shape index (κ1) is 65.2. The van der Waals surface area contributed by atoms with Crippen LogP contribution in [-0.2, 0) is 73.0 Å². The maximum Gasteiger partial charge on any atom is 0.490 e. The molecule has 25 heteroatoms. The molecule has 1 aromatic heterocycles. The number of hydrogen-bond donors (Lipinski definition) is 5. The van der Waals surface area contributed by atoms with Crippen LogP contribution in [0.4, 0.5) is 18.9 Å². The highest BCUT2D eigenvalue weighted by Gasteiger charge is 2.38. The van der Waals surface area contributed by atoms with Crippen molar-refractivity contribution in [1.29, 1.82) is 0 Å². The number of alkyl halides is 3. The quantitative estimate of drug-likeness (QED) is 0.0584. The molecule has 0 aliphatic carbocycles. The monoisotopic (exact) mass is 1050 g/mol. The zero-order chi connectivity index (χ0) is 52.2. The lowest BCUT2D eigenvalue weighted by Crippen LogP contribution is -2.35. The van der Waals surface area contributed by atoms with Gasteiger partial charge in [0.05, 0.1) is 149 Å². The number of aliphatic imine (C=N–C) groups is 1. The number of thiophene rings is 1. The lowest BCUT2D eigenvalue weighted by molar-refractivity contribution is -0.192. The topological polar surface area (TPSA) is 281 Å². The second-order valence-corrected chi connectivity index (χ2v) is 16.5. The van der Waals surface area contributed by atoms with Gasteiger partial charge in [-0.3, -0.25) is 14.4 Å². The number of aryl methyl sites for hydroxylation is 1. The summed E-state index contributed by atoms with van der Waals surface area (Å²) in [5, 5.41) is 18.6. The molecule has 0 atom stereocenters. The zero-order valence-electron chi connectivity index (χ0n) is 41.2. The predicted octanol–water partition coefficient (Wildman–Crippen LogP) is 3.60. The van der Waals surface area contributed by atoms with Gasteiger partial charge in [0.25, 0.3) is 0 Å². The smallest absolute Gasteiger partial charge is 0.481 e. The van der Waals surface area contributed by atoms with Crippen LogP contribution in [0, 0.1) is 0 Å². The van der Waals surface area contributed by atoms with E-state index in [0.29, 0.717) is 176 Å². The number of carbonyl (C=O) groups excluding carboxylic acids is 2. The number of amidine groups is 1. The summed E-state index contributed by atoms with van der Waals surface area (Å²) in [7, 11) is 0. The van der Waals surface area contributed by atoms with Crippen molar-refractivity contribution >= 4 is 52.7 Å². The number of ether oxygens (including phenoxy) is 10. The van der Waals surface area contributed by atoms with E-state index in [9.17, 15) is 27.6 Å². The van der Waals surface area contributed by atoms with Crippen LogP contribution in [0.2, 0.25) is 0 Å². The molecule has 0 spiro atoms. The highest BCUT2D eigenvalue weighted by atomic mass is 32.1. The fourth-order valence-corrected chi connectivity index (χ4v) is 7.00. The summed E-state index contributed by atoms with van der Waals surface area (Å²) < 4.78 is 86.1. The van der Waals surface area contributed by atoms with Gasteiger partial charge < -0.3 is 79.3 Å². The number of rotatable bonds is 45. The molecule has 0 aromatic carbocycles. The maximum atomic E-state index is 13.3. The standard InChI is InChI=1S/C44H77N5O14S.C2HF3O2/c1-2-12-49(13-6-10-45)44(53)37-34-40-39(48-41(46)35-37)36-38(64-40)7-4-3-5-11-47-42(50)8-14-54-16-18-56-20-22-58-24-26-60-28-30-62-32-33-63-31-29-61-27-25-59-23-21-57-19-17-55-15-9-43(51)52;3-2(4,5)1(6)7/h34,36H,2-33,35,45H2,1H3,(H2,46,48)(H,47,50)(H,51,52);(H,6,7). The Kier molecular flexibility index (Phi) is 40.1. The first-order valence-electron chi connectivity index (χ1n) is 24.0. The Labute approximate surface area is 418 Å². The number of carboxylic acids is 2. The molecule has 0 radical (unpaired) electrons. The summed E-state index contributed by atoms with van der Waals surface area (Å²) in [6.45, 7) is 13.1. The lowest BCUT2D eigenvalue weighted by Gasteiger charge is -2.23. The highest BCUT2D eigenvalue weighted by molar-refractivity contribution is 7.13. The molecule has 1 aromatic rings. The number of nitrogens with one attached hydrogen (secondary N) is 1. The SMILES string of the molecule is CCCN(CCCN)C(=O)C1=Cc2sc(CCCCCNC(=O)CCOCCOCCOCCOCCOCCOCCOCCOCCOCCOCCC(=O)O)cc2N=C(N)C1.O=C(O)C(F)(F)F. The average molecular weight is 1050 g/mol. The number of nitrogens with two attached hydrogens (primary N) is 2. The number of fused-ring (bicyclic) bond motifs is 1. The van der Waals surface area contributed by atoms with Crippen LogP contribution in [-0.4, -0.2) is 209 Å². The maximum absolute atomic E-state index is 13.3. The Bertz CT molecular complexity index is 1630. The largest absolute Gasteiger partial charge is 0.490 e. The third kappa shape index (κ3) is 37.5. The van der Waals surface area contributed by atoms with Crippen molar-refractivity contribution in [3.63, 3.8) is 0 Å². The number of nitrogens with zero attached hydrogens (tertiary/aromatic N) is 2. The fraction of sp³-hybridized carbons (Fsp3) is 0.761. The van der Waals surface area contributed by atoms with Gasteiger partial charge in [-0.05, 0) is 50.8 Å². The van der Waals surface area contributed by atoms with E-state index in [0.717, 1.165) is 49.1 Å². The van der Waals surface area contributed by atoms with Crippen molar-refractivity contribution in [2.45, 2.75) is 70.9 Å². The number of amides is 2. The highest BCUT2D eigenvalue weighted by Crippen LogP contribution is 2.35. The van der Waals surface area contributed by atoms with Crippen molar-refractivity contribution in [2.24, 2.45) is 16.5 Å². The summed E-state index contributed by atoms with van der Waals surface area (Å²) in [4.78, 5) is 53.4. The van der Waals surface area contributed by atoms with E-state index < -0.39 is 18.1 Å². The van der Waals surface area contributed by atoms with Crippen molar-refractivity contribution in [2.75, 3.05) is 158 Å². The number of aliphatic carboxylic acids is 2. The molecule has 2 rings (SSSR count). The molecule has 71 heavy (non-hydrogen) atoms. The van der Waals surface area contributed by atoms with Gasteiger partial charge in [-0.1, -0.05) is 13.3 Å². The van der Waals surface area contributed by atoms with Gasteiger partial charge in [-0.2, -0.15) is 13.2 Å². The van der Waals surface area contributed by atoms with Crippen LogP contribution in [0.25, 0.3) is 6.08 Å². The van der Waals surface area contributed by atoms with Gasteiger partial charge in [0, 0.05) is 42.9 Å². The lowest BCUT2D eigenvalue weighted by atomic mass is 10.1. The van der Waals surface area contributed by atoms with E-state index in [1.165, 1.54) is 4.88 Å². The van der Waals surface area contributed by atoms with E-state index in [1.54, 1.807) is 11.3 Å². The average Bonchev–Trinajstić information content (AvgIpc) is 3.62. The molecular weight excluding hydrogens is 968 g/mol. The number of halogens is 3. The summed E-state index contributed by atoms with van der Waals surface area (Å²) in [6.07, 6.45) is 2.92. The predicted molar refractivity (Wildman–Crippen MR) is 258 cm³/mol. The summed E-state index contributed by atoms with van der Waals surface area (Å²) in [5.74, 6) is -3.21. The Morgan fingerprint density at radius 3 is 1.52 bits per heavy atom. The molecular formula is C46H78F3N5O16S. The van der Waals surface area contributed by atoms with E-state index >= 15 is 0 Å². The minimum absolute atomic E-state index is 0.00685.